The molecule has 1 fully saturated rings. The number of aliphatic carboxylic acids is 1. The molecule has 27 heavy (non-hydrogen) atoms. The summed E-state index contributed by atoms with van der Waals surface area (Å²) in [5.74, 6) is -2.40. The molecule has 0 radical (unpaired) electrons. The number of carboxylic acids is 1. The lowest BCUT2D eigenvalue weighted by atomic mass is 9.63. The zero-order valence-corrected chi connectivity index (χ0v) is 14.5. The average Bonchev–Trinajstić information content (AvgIpc) is 2.59. The van der Waals surface area contributed by atoms with Gasteiger partial charge >= 0.3 is 5.97 Å². The first-order valence-electron chi connectivity index (χ1n) is 8.58. The molecule has 0 spiro atoms. The predicted octanol–water partition coefficient (Wildman–Crippen LogP) is 3.17. The largest absolute Gasteiger partial charge is 0.482 e. The number of amides is 1. The Balaban J connectivity index is 1.69. The molecule has 2 aromatic carbocycles. The van der Waals surface area contributed by atoms with Crippen LogP contribution in [0, 0.1) is 11.6 Å². The standard InChI is InChI=1S/C20H19F2NO4/c21-14-5-6-16(17(22)10-14)20(7-2-8-20)19(26)23-11-13-3-1-4-15(9-13)27-12-18(24)25/h1,3-6,9-10H,2,7-8,11-12H2,(H,23,26)(H,24,25). The van der Waals surface area contributed by atoms with Gasteiger partial charge in [-0.15, -0.1) is 0 Å². The number of ether oxygens (including phenoxy) is 1. The molecule has 0 atom stereocenters. The van der Waals surface area contributed by atoms with Crippen LogP contribution in [0.1, 0.15) is 30.4 Å². The first-order chi connectivity index (χ1) is 12.9. The minimum atomic E-state index is -1.08. The van der Waals surface area contributed by atoms with E-state index in [0.29, 0.717) is 18.6 Å². The van der Waals surface area contributed by atoms with E-state index in [1.807, 2.05) is 0 Å². The third-order valence-electron chi connectivity index (χ3n) is 4.80. The number of carbonyl (C=O) groups excluding carboxylic acids is 1. The third-order valence-corrected chi connectivity index (χ3v) is 4.80. The van der Waals surface area contributed by atoms with Gasteiger partial charge in [0.25, 0.3) is 0 Å². The van der Waals surface area contributed by atoms with Crippen molar-refractivity contribution < 1.29 is 28.2 Å². The molecular weight excluding hydrogens is 356 g/mol. The van der Waals surface area contributed by atoms with Gasteiger partial charge in [-0.25, -0.2) is 13.6 Å². The smallest absolute Gasteiger partial charge is 0.341 e. The molecule has 0 bridgehead atoms. The summed E-state index contributed by atoms with van der Waals surface area (Å²) in [5, 5.41) is 11.5. The molecule has 1 aliphatic carbocycles. The number of benzene rings is 2. The Morgan fingerprint density at radius 2 is 1.93 bits per heavy atom. The number of hydrogen-bond acceptors (Lipinski definition) is 3. The second kappa shape index (κ2) is 7.73. The van der Waals surface area contributed by atoms with Crippen LogP contribution < -0.4 is 10.1 Å². The summed E-state index contributed by atoms with van der Waals surface area (Å²) in [6.45, 7) is -0.267. The highest BCUT2D eigenvalue weighted by molar-refractivity contribution is 5.89. The van der Waals surface area contributed by atoms with Gasteiger partial charge in [-0.2, -0.15) is 0 Å². The van der Waals surface area contributed by atoms with Gasteiger partial charge in [0.2, 0.25) is 5.91 Å². The topological polar surface area (TPSA) is 75.6 Å². The number of carbonyl (C=O) groups is 2. The molecular formula is C20H19F2NO4. The van der Waals surface area contributed by atoms with Gasteiger partial charge in [-0.05, 0) is 36.6 Å². The minimum Gasteiger partial charge on any atom is -0.482 e. The molecule has 2 N–H and O–H groups in total. The van der Waals surface area contributed by atoms with Crippen molar-refractivity contribution in [3.05, 3.63) is 65.2 Å². The van der Waals surface area contributed by atoms with Gasteiger partial charge in [-0.1, -0.05) is 24.6 Å². The van der Waals surface area contributed by atoms with Crippen molar-refractivity contribution in [3.8, 4) is 5.75 Å². The number of rotatable bonds is 7. The van der Waals surface area contributed by atoms with Crippen LogP contribution in [0.3, 0.4) is 0 Å². The van der Waals surface area contributed by atoms with E-state index in [0.717, 1.165) is 24.1 Å². The van der Waals surface area contributed by atoms with E-state index in [-0.39, 0.29) is 18.0 Å². The summed E-state index contributed by atoms with van der Waals surface area (Å²) in [6.07, 6.45) is 1.80. The predicted molar refractivity (Wildman–Crippen MR) is 93.3 cm³/mol. The molecule has 7 heteroatoms. The second-order valence-electron chi connectivity index (χ2n) is 6.57. The van der Waals surface area contributed by atoms with E-state index in [1.165, 1.54) is 6.07 Å². The number of carboxylic acid groups (broad SMARTS) is 1. The molecule has 0 heterocycles. The molecule has 3 rings (SSSR count). The van der Waals surface area contributed by atoms with Crippen LogP contribution in [-0.2, 0) is 21.5 Å². The van der Waals surface area contributed by atoms with Crippen LogP contribution in [0.4, 0.5) is 8.78 Å². The monoisotopic (exact) mass is 375 g/mol. The van der Waals surface area contributed by atoms with E-state index in [9.17, 15) is 18.4 Å². The van der Waals surface area contributed by atoms with Crippen molar-refractivity contribution in [3.63, 3.8) is 0 Å². The van der Waals surface area contributed by atoms with Gasteiger partial charge in [0, 0.05) is 18.2 Å². The Kier molecular flexibility index (Phi) is 5.39. The van der Waals surface area contributed by atoms with Crippen molar-refractivity contribution in [1.82, 2.24) is 5.32 Å². The lowest BCUT2D eigenvalue weighted by Gasteiger charge is -2.40. The highest BCUT2D eigenvalue weighted by Crippen LogP contribution is 2.45. The Labute approximate surface area is 155 Å². The van der Waals surface area contributed by atoms with E-state index >= 15 is 0 Å². The fraction of sp³-hybridized carbons (Fsp3) is 0.300. The van der Waals surface area contributed by atoms with E-state index in [1.54, 1.807) is 24.3 Å². The Morgan fingerprint density at radius 1 is 1.15 bits per heavy atom. The molecule has 1 aliphatic rings. The fourth-order valence-corrected chi connectivity index (χ4v) is 3.27. The summed E-state index contributed by atoms with van der Waals surface area (Å²) in [4.78, 5) is 23.3. The van der Waals surface area contributed by atoms with Gasteiger partial charge < -0.3 is 15.2 Å². The van der Waals surface area contributed by atoms with Crippen molar-refractivity contribution in [2.24, 2.45) is 0 Å². The SMILES string of the molecule is O=C(O)COc1cccc(CNC(=O)C2(c3ccc(F)cc3F)CCC2)c1. The van der Waals surface area contributed by atoms with Crippen LogP contribution in [0.15, 0.2) is 42.5 Å². The van der Waals surface area contributed by atoms with Gasteiger partial charge in [0.1, 0.15) is 17.4 Å². The van der Waals surface area contributed by atoms with Gasteiger partial charge in [-0.3, -0.25) is 4.79 Å². The maximum atomic E-state index is 14.2. The summed E-state index contributed by atoms with van der Waals surface area (Å²) >= 11 is 0. The number of nitrogens with one attached hydrogen (secondary N) is 1. The van der Waals surface area contributed by atoms with Crippen LogP contribution >= 0.6 is 0 Å². The van der Waals surface area contributed by atoms with Crippen molar-refractivity contribution in [2.45, 2.75) is 31.2 Å². The van der Waals surface area contributed by atoms with E-state index in [2.05, 4.69) is 5.32 Å². The highest BCUT2D eigenvalue weighted by Gasteiger charge is 2.47. The highest BCUT2D eigenvalue weighted by atomic mass is 19.1. The zero-order chi connectivity index (χ0) is 19.4. The summed E-state index contributed by atoms with van der Waals surface area (Å²) < 4.78 is 32.5. The maximum absolute atomic E-state index is 14.2. The zero-order valence-electron chi connectivity index (χ0n) is 14.5. The first kappa shape index (κ1) is 18.8. The lowest BCUT2D eigenvalue weighted by molar-refractivity contribution is -0.139. The summed E-state index contributed by atoms with van der Waals surface area (Å²) in [5.41, 5.74) is -0.0404. The number of halogens is 2. The molecule has 5 nitrogen and oxygen atoms in total. The average molecular weight is 375 g/mol. The Hall–Kier alpha value is -2.96. The fourth-order valence-electron chi connectivity index (χ4n) is 3.27. The normalized spacial score (nSPS) is 14.9. The molecule has 142 valence electrons. The summed E-state index contributed by atoms with van der Waals surface area (Å²) in [6, 6.07) is 10.0. The van der Waals surface area contributed by atoms with Crippen LogP contribution in [0.5, 0.6) is 5.75 Å². The van der Waals surface area contributed by atoms with Crippen molar-refractivity contribution in [1.29, 1.82) is 0 Å². The van der Waals surface area contributed by atoms with Crippen LogP contribution in [0.25, 0.3) is 0 Å². The third kappa shape index (κ3) is 4.07. The van der Waals surface area contributed by atoms with Gasteiger partial charge in [0.05, 0.1) is 5.41 Å². The first-order valence-corrected chi connectivity index (χ1v) is 8.58. The van der Waals surface area contributed by atoms with Gasteiger partial charge in [0.15, 0.2) is 6.61 Å². The Morgan fingerprint density at radius 3 is 2.56 bits per heavy atom. The minimum absolute atomic E-state index is 0.188. The maximum Gasteiger partial charge on any atom is 0.341 e. The Bertz CT molecular complexity index is 865. The molecule has 2 aromatic rings. The van der Waals surface area contributed by atoms with Crippen molar-refractivity contribution in [2.75, 3.05) is 6.61 Å². The molecule has 0 aromatic heterocycles. The number of hydrogen-bond donors (Lipinski definition) is 2. The lowest BCUT2D eigenvalue weighted by Crippen LogP contribution is -2.49. The van der Waals surface area contributed by atoms with Crippen LogP contribution in [0.2, 0.25) is 0 Å². The van der Waals surface area contributed by atoms with E-state index < -0.39 is 29.6 Å². The molecule has 0 saturated heterocycles. The van der Waals surface area contributed by atoms with Crippen molar-refractivity contribution >= 4 is 11.9 Å². The second-order valence-corrected chi connectivity index (χ2v) is 6.57. The van der Waals surface area contributed by atoms with E-state index in [4.69, 9.17) is 9.84 Å². The molecule has 0 aliphatic heterocycles. The molecule has 1 saturated carbocycles. The quantitative estimate of drug-likeness (QED) is 0.780. The molecule has 0 unspecified atom stereocenters. The summed E-state index contributed by atoms with van der Waals surface area (Å²) in [7, 11) is 0. The van der Waals surface area contributed by atoms with Crippen LogP contribution in [-0.4, -0.2) is 23.6 Å². The molecule has 1 amide bonds.